The number of methoxy groups -OCH3 is 2. The number of azide groups is 2. The highest BCUT2D eigenvalue weighted by Gasteiger charge is 2.54. The molecule has 0 unspecified atom stereocenters. The Labute approximate surface area is 300 Å². The number of hydrazine groups is 1. The predicted octanol–water partition coefficient (Wildman–Crippen LogP) is 6.41. The number of nitrogens with zero attached hydrogens (tertiary/aromatic N) is 7. The molecule has 268 valence electrons. The molecule has 1 aliphatic rings. The van der Waals surface area contributed by atoms with E-state index in [4.69, 9.17) is 40.1 Å². The van der Waals surface area contributed by atoms with Gasteiger partial charge in [0.15, 0.2) is 23.1 Å². The van der Waals surface area contributed by atoms with Gasteiger partial charge in [-0.3, -0.25) is 10.2 Å². The van der Waals surface area contributed by atoms with Crippen LogP contribution in [0.5, 0.6) is 17.2 Å². The Hall–Kier alpha value is -6.24. The van der Waals surface area contributed by atoms with E-state index in [9.17, 15) is 4.79 Å². The molecule has 0 radical (unpaired) electrons. The molecule has 0 bridgehead atoms. The lowest BCUT2D eigenvalue weighted by molar-refractivity contribution is -0.130. The number of nitrogens with one attached hydrogen (secondary N) is 2. The monoisotopic (exact) mass is 705 g/mol. The van der Waals surface area contributed by atoms with Crippen molar-refractivity contribution in [1.82, 2.24) is 10.9 Å². The Balaban J connectivity index is 1.59. The molecule has 0 aromatic heterocycles. The topological polar surface area (TPSA) is 208 Å². The fourth-order valence-corrected chi connectivity index (χ4v) is 5.91. The Bertz CT molecular complexity index is 1980. The summed E-state index contributed by atoms with van der Waals surface area (Å²) in [4.78, 5) is 25.8. The smallest absolute Gasteiger partial charge is 0.266 e. The van der Waals surface area contributed by atoms with Crippen LogP contribution in [0.25, 0.3) is 20.9 Å². The number of hydrogen-bond acceptors (Lipinski definition) is 10. The largest absolute Gasteiger partial charge is 0.494 e. The second-order valence-electron chi connectivity index (χ2n) is 11.7. The van der Waals surface area contributed by atoms with Gasteiger partial charge in [0.1, 0.15) is 5.75 Å². The summed E-state index contributed by atoms with van der Waals surface area (Å²) in [6, 6.07) is 27.2. The summed E-state index contributed by atoms with van der Waals surface area (Å²) in [6.45, 7) is 0.694. The summed E-state index contributed by atoms with van der Waals surface area (Å²) < 4.78 is 23.2. The van der Waals surface area contributed by atoms with E-state index in [0.717, 1.165) is 16.7 Å². The minimum absolute atomic E-state index is 0.0183. The van der Waals surface area contributed by atoms with Crippen LogP contribution in [0.4, 0.5) is 0 Å². The maximum Gasteiger partial charge on any atom is 0.266 e. The SMILES string of the molecule is COc1ccc(CNNC(=O)[C@@]2(Cc3ccccc3CN=[N+]=[N-])N=C(c3ccc(OCCCO)cc3)O[C@H]2c2ccccc2CN=[N+]=[N-])cc1OC. The van der Waals surface area contributed by atoms with E-state index in [-0.39, 0.29) is 38.6 Å². The Morgan fingerprint density at radius 3 is 2.27 bits per heavy atom. The Kier molecular flexibility index (Phi) is 12.9. The van der Waals surface area contributed by atoms with E-state index in [1.807, 2.05) is 54.6 Å². The third kappa shape index (κ3) is 8.73. The lowest BCUT2D eigenvalue weighted by atomic mass is 9.80. The maximum atomic E-state index is 14.8. The first-order valence-corrected chi connectivity index (χ1v) is 16.5. The van der Waals surface area contributed by atoms with E-state index >= 15 is 0 Å². The summed E-state index contributed by atoms with van der Waals surface area (Å²) in [6.07, 6.45) is -0.434. The van der Waals surface area contributed by atoms with Crippen molar-refractivity contribution in [3.8, 4) is 17.2 Å². The summed E-state index contributed by atoms with van der Waals surface area (Å²) in [7, 11) is 3.11. The zero-order valence-corrected chi connectivity index (χ0v) is 28.8. The van der Waals surface area contributed by atoms with Crippen LogP contribution in [0.3, 0.4) is 0 Å². The van der Waals surface area contributed by atoms with Gasteiger partial charge in [-0.05, 0) is 75.3 Å². The van der Waals surface area contributed by atoms with Crippen molar-refractivity contribution >= 4 is 11.8 Å². The molecule has 3 N–H and O–H groups in total. The first-order valence-electron chi connectivity index (χ1n) is 16.5. The van der Waals surface area contributed by atoms with Crippen molar-refractivity contribution in [2.24, 2.45) is 15.2 Å². The molecule has 1 amide bonds. The van der Waals surface area contributed by atoms with Crippen LogP contribution in [-0.4, -0.2) is 49.9 Å². The molecular weight excluding hydrogens is 666 g/mol. The minimum Gasteiger partial charge on any atom is -0.494 e. The van der Waals surface area contributed by atoms with Gasteiger partial charge in [-0.2, -0.15) is 0 Å². The highest BCUT2D eigenvalue weighted by atomic mass is 16.5. The van der Waals surface area contributed by atoms with E-state index in [0.29, 0.717) is 47.0 Å². The van der Waals surface area contributed by atoms with Crippen LogP contribution in [0, 0.1) is 0 Å². The van der Waals surface area contributed by atoms with Crippen molar-refractivity contribution in [2.45, 2.75) is 44.1 Å². The molecule has 4 aromatic carbocycles. The fourth-order valence-electron chi connectivity index (χ4n) is 5.91. The number of benzene rings is 4. The van der Waals surface area contributed by atoms with Crippen LogP contribution in [0.2, 0.25) is 0 Å². The van der Waals surface area contributed by atoms with Gasteiger partial charge in [-0.15, -0.1) is 0 Å². The average Bonchev–Trinajstić information content (AvgIpc) is 3.57. The molecule has 1 aliphatic heterocycles. The van der Waals surface area contributed by atoms with Gasteiger partial charge in [-0.25, -0.2) is 10.4 Å². The average molecular weight is 706 g/mol. The molecule has 15 heteroatoms. The molecule has 0 saturated carbocycles. The van der Waals surface area contributed by atoms with Crippen LogP contribution >= 0.6 is 0 Å². The van der Waals surface area contributed by atoms with Gasteiger partial charge in [-0.1, -0.05) is 64.8 Å². The number of aliphatic imine (C=N–C) groups is 1. The summed E-state index contributed by atoms with van der Waals surface area (Å²) in [5.74, 6) is 1.44. The zero-order chi connectivity index (χ0) is 36.8. The van der Waals surface area contributed by atoms with Gasteiger partial charge < -0.3 is 24.1 Å². The minimum atomic E-state index is -1.62. The summed E-state index contributed by atoms with van der Waals surface area (Å²) in [5, 5.41) is 16.7. The molecule has 15 nitrogen and oxygen atoms in total. The van der Waals surface area contributed by atoms with E-state index < -0.39 is 17.6 Å². The molecule has 52 heavy (non-hydrogen) atoms. The Morgan fingerprint density at radius 2 is 1.58 bits per heavy atom. The fraction of sp³-hybridized carbons (Fsp3) is 0.297. The van der Waals surface area contributed by atoms with E-state index in [1.54, 1.807) is 50.6 Å². The second-order valence-corrected chi connectivity index (χ2v) is 11.7. The van der Waals surface area contributed by atoms with E-state index in [1.165, 1.54) is 0 Å². The number of carbonyl (C=O) groups is 1. The van der Waals surface area contributed by atoms with Crippen molar-refractivity contribution in [3.05, 3.63) is 145 Å². The lowest BCUT2D eigenvalue weighted by Gasteiger charge is -2.32. The van der Waals surface area contributed by atoms with Crippen LogP contribution < -0.4 is 25.1 Å². The number of aliphatic hydroxyl groups is 1. The van der Waals surface area contributed by atoms with E-state index in [2.05, 4.69) is 30.9 Å². The number of hydrogen-bond donors (Lipinski definition) is 3. The van der Waals surface area contributed by atoms with Crippen LogP contribution in [-0.2, 0) is 35.6 Å². The first kappa shape index (κ1) is 37.0. The summed E-state index contributed by atoms with van der Waals surface area (Å²) >= 11 is 0. The predicted molar refractivity (Wildman–Crippen MR) is 194 cm³/mol. The number of amides is 1. The molecule has 0 spiro atoms. The van der Waals surface area contributed by atoms with Crippen LogP contribution in [0.15, 0.2) is 106 Å². The van der Waals surface area contributed by atoms with Crippen molar-refractivity contribution < 1.29 is 28.8 Å². The normalized spacial score (nSPS) is 16.1. The summed E-state index contributed by atoms with van der Waals surface area (Å²) in [5.41, 5.74) is 26.7. The van der Waals surface area contributed by atoms with Crippen molar-refractivity contribution in [3.63, 3.8) is 0 Å². The van der Waals surface area contributed by atoms with Crippen molar-refractivity contribution in [2.75, 3.05) is 27.4 Å². The third-order valence-electron chi connectivity index (χ3n) is 8.50. The molecular formula is C37H39N9O6. The first-order chi connectivity index (χ1) is 25.5. The number of ether oxygens (including phenoxy) is 4. The standard InChI is InChI=1S/C37H39N9O6/c1-49-32-17-12-25(20-33(32)50-2)22-40-44-36(48)37(21-27-8-3-4-9-28(27)23-41-45-38)34(31-11-6-5-10-29(31)24-42-46-39)52-35(43-37)26-13-15-30(16-14-26)51-19-7-18-47/h3-6,8-17,20,34,40,47H,7,18-19,21-24H2,1-2H3,(H,44,48)/t34-,37-/m0/s1. The lowest BCUT2D eigenvalue weighted by Crippen LogP contribution is -2.54. The van der Waals surface area contributed by atoms with Gasteiger partial charge in [0.2, 0.25) is 5.90 Å². The second kappa shape index (κ2) is 18.1. The van der Waals surface area contributed by atoms with Crippen molar-refractivity contribution in [1.29, 1.82) is 0 Å². The van der Waals surface area contributed by atoms with Gasteiger partial charge >= 0.3 is 0 Å². The molecule has 0 fully saturated rings. The number of aliphatic hydroxyl groups excluding tert-OH is 1. The van der Waals surface area contributed by atoms with Gasteiger partial charge in [0.05, 0.1) is 33.9 Å². The molecule has 4 aromatic rings. The molecule has 1 heterocycles. The number of rotatable bonds is 18. The Morgan fingerprint density at radius 1 is 0.904 bits per heavy atom. The molecule has 0 aliphatic carbocycles. The molecule has 2 atom stereocenters. The third-order valence-corrected chi connectivity index (χ3v) is 8.50. The molecule has 0 saturated heterocycles. The van der Waals surface area contributed by atoms with Gasteiger partial charge in [0, 0.05) is 41.4 Å². The molecule has 5 rings (SSSR count). The highest BCUT2D eigenvalue weighted by Crippen LogP contribution is 2.44. The van der Waals surface area contributed by atoms with Crippen LogP contribution in [0.1, 0.15) is 45.9 Å². The quantitative estimate of drug-likeness (QED) is 0.0348. The maximum absolute atomic E-state index is 14.8. The number of carbonyl (C=O) groups excluding carboxylic acids is 1. The van der Waals surface area contributed by atoms with Gasteiger partial charge in [0.25, 0.3) is 5.91 Å². The zero-order valence-electron chi connectivity index (χ0n) is 28.8. The highest BCUT2D eigenvalue weighted by molar-refractivity contribution is 6.01.